The van der Waals surface area contributed by atoms with Gasteiger partial charge in [0.15, 0.2) is 0 Å². The normalized spacial score (nSPS) is 12.7. The molecule has 10 heteroatoms. The van der Waals surface area contributed by atoms with Crippen LogP contribution in [0.4, 0.5) is 32.0 Å². The van der Waals surface area contributed by atoms with E-state index >= 15 is 0 Å². The number of hydrogen-bond acceptors (Lipinski definition) is 1. The van der Waals surface area contributed by atoms with E-state index in [2.05, 4.69) is 9.83 Å². The summed E-state index contributed by atoms with van der Waals surface area (Å²) in [6, 6.07) is 2.01. The van der Waals surface area contributed by atoms with Crippen molar-refractivity contribution < 1.29 is 26.3 Å². The Kier molecular flexibility index (Phi) is 3.53. The first kappa shape index (κ1) is 15.4. The van der Waals surface area contributed by atoms with Crippen molar-refractivity contribution in [2.45, 2.75) is 18.9 Å². The second-order valence-electron chi connectivity index (χ2n) is 4.01. The Balaban J connectivity index is 2.80. The Bertz CT molecular complexity index is 737. The zero-order valence-electron chi connectivity index (χ0n) is 9.85. The van der Waals surface area contributed by atoms with Crippen molar-refractivity contribution in [1.29, 1.82) is 0 Å². The third-order valence-electron chi connectivity index (χ3n) is 2.55. The molecule has 0 aliphatic heterocycles. The van der Waals surface area contributed by atoms with Crippen LogP contribution in [0, 0.1) is 6.57 Å². The monoisotopic (exact) mass is 327 g/mol. The van der Waals surface area contributed by atoms with Crippen LogP contribution in [0.3, 0.4) is 0 Å². The molecule has 0 spiro atoms. The molecule has 112 valence electrons. The van der Waals surface area contributed by atoms with Crippen LogP contribution in [-0.2, 0) is 12.7 Å². The third-order valence-corrected chi connectivity index (χ3v) is 2.92. The summed E-state index contributed by atoms with van der Waals surface area (Å²) in [5, 5.41) is -0.408. The summed E-state index contributed by atoms with van der Waals surface area (Å²) in [4.78, 5) is 6.10. The van der Waals surface area contributed by atoms with Gasteiger partial charge in [0.1, 0.15) is 6.54 Å². The Labute approximate surface area is 118 Å². The molecule has 0 amide bonds. The zero-order valence-corrected chi connectivity index (χ0v) is 10.6. The minimum absolute atomic E-state index is 0.00502. The largest absolute Gasteiger partial charge is 0.449 e. The number of halogens is 7. The van der Waals surface area contributed by atoms with Crippen molar-refractivity contribution >= 4 is 28.3 Å². The van der Waals surface area contributed by atoms with Gasteiger partial charge in [-0.2, -0.15) is 26.3 Å². The molecule has 0 aliphatic carbocycles. The van der Waals surface area contributed by atoms with Crippen LogP contribution in [0.5, 0.6) is 0 Å². The van der Waals surface area contributed by atoms with Crippen molar-refractivity contribution in [3.8, 4) is 0 Å². The molecule has 0 saturated heterocycles. The number of nitrogens with zero attached hydrogens (tertiary/aromatic N) is 3. The van der Waals surface area contributed by atoms with Gasteiger partial charge in [-0.3, -0.25) is 0 Å². The van der Waals surface area contributed by atoms with E-state index in [9.17, 15) is 26.3 Å². The number of alkyl halides is 6. The summed E-state index contributed by atoms with van der Waals surface area (Å²) in [5.41, 5.74) is -1.10. The van der Waals surface area contributed by atoms with Crippen molar-refractivity contribution in [3.05, 3.63) is 34.4 Å². The highest BCUT2D eigenvalue weighted by Crippen LogP contribution is 2.38. The molecule has 0 saturated carbocycles. The first-order valence-corrected chi connectivity index (χ1v) is 5.62. The number of imidazole rings is 1. The summed E-state index contributed by atoms with van der Waals surface area (Å²) >= 11 is 5.71. The van der Waals surface area contributed by atoms with Crippen LogP contribution in [0.15, 0.2) is 12.1 Å². The Morgan fingerprint density at radius 1 is 1.19 bits per heavy atom. The maximum Gasteiger partial charge on any atom is 0.449 e. The lowest BCUT2D eigenvalue weighted by atomic mass is 10.2. The molecule has 0 radical (unpaired) electrons. The highest BCUT2D eigenvalue weighted by atomic mass is 35.5. The van der Waals surface area contributed by atoms with E-state index < -0.39 is 40.8 Å². The lowest BCUT2D eigenvalue weighted by molar-refractivity contribution is -0.160. The SMILES string of the molecule is [C-]#[N+]c1ccc2c(nc(C(F)(F)F)n2CC(F)(F)F)c1Cl. The van der Waals surface area contributed by atoms with Gasteiger partial charge in [0.25, 0.3) is 0 Å². The van der Waals surface area contributed by atoms with E-state index in [0.29, 0.717) is 0 Å². The van der Waals surface area contributed by atoms with Crippen molar-refractivity contribution in [3.63, 3.8) is 0 Å². The van der Waals surface area contributed by atoms with Crippen LogP contribution in [0.25, 0.3) is 15.9 Å². The second-order valence-corrected chi connectivity index (χ2v) is 4.39. The van der Waals surface area contributed by atoms with E-state index in [1.54, 1.807) is 0 Å². The average Bonchev–Trinajstić information content (AvgIpc) is 2.67. The fourth-order valence-corrected chi connectivity index (χ4v) is 2.03. The molecule has 0 bridgehead atoms. The van der Waals surface area contributed by atoms with E-state index in [4.69, 9.17) is 18.2 Å². The topological polar surface area (TPSA) is 22.2 Å². The predicted molar refractivity (Wildman–Crippen MR) is 62.1 cm³/mol. The van der Waals surface area contributed by atoms with Gasteiger partial charge in [-0.15, -0.1) is 0 Å². The van der Waals surface area contributed by atoms with Crippen LogP contribution in [0.2, 0.25) is 5.02 Å². The maximum absolute atomic E-state index is 12.8. The number of aromatic nitrogens is 2. The van der Waals surface area contributed by atoms with E-state index in [1.807, 2.05) is 0 Å². The standard InChI is InChI=1S/C11H4ClF6N3/c1-19-5-2-3-6-8(7(5)12)20-9(11(16,17)18)21(6)4-10(13,14)15/h2-3H,4H2. The maximum atomic E-state index is 12.8. The first-order chi connectivity index (χ1) is 9.54. The fourth-order valence-electron chi connectivity index (χ4n) is 1.79. The predicted octanol–water partition coefficient (Wildman–Crippen LogP) is 4.82. The Morgan fingerprint density at radius 2 is 1.81 bits per heavy atom. The van der Waals surface area contributed by atoms with E-state index in [-0.39, 0.29) is 10.3 Å². The minimum atomic E-state index is -5.08. The molecule has 0 N–H and O–H groups in total. The molecule has 21 heavy (non-hydrogen) atoms. The molecular weight excluding hydrogens is 324 g/mol. The highest BCUT2D eigenvalue weighted by molar-refractivity contribution is 6.37. The van der Waals surface area contributed by atoms with E-state index in [1.165, 1.54) is 0 Å². The van der Waals surface area contributed by atoms with Gasteiger partial charge in [-0.1, -0.05) is 17.7 Å². The number of fused-ring (bicyclic) bond motifs is 1. The van der Waals surface area contributed by atoms with Crippen LogP contribution in [-0.4, -0.2) is 15.7 Å². The summed E-state index contributed by atoms with van der Waals surface area (Å²) in [6.45, 7) is 4.94. The highest BCUT2D eigenvalue weighted by Gasteiger charge is 2.41. The van der Waals surface area contributed by atoms with Gasteiger partial charge < -0.3 is 4.57 Å². The summed E-state index contributed by atoms with van der Waals surface area (Å²) < 4.78 is 75.9. The minimum Gasteiger partial charge on any atom is -0.311 e. The molecule has 0 unspecified atom stereocenters. The lowest BCUT2D eigenvalue weighted by Gasteiger charge is -2.13. The van der Waals surface area contributed by atoms with Crippen LogP contribution >= 0.6 is 11.6 Å². The van der Waals surface area contributed by atoms with E-state index in [0.717, 1.165) is 12.1 Å². The van der Waals surface area contributed by atoms with Crippen molar-refractivity contribution in [2.24, 2.45) is 0 Å². The molecule has 2 aromatic rings. The summed E-state index contributed by atoms with van der Waals surface area (Å²) in [6.07, 6.45) is -9.94. The number of rotatable bonds is 1. The molecule has 2 rings (SSSR count). The number of benzene rings is 1. The van der Waals surface area contributed by atoms with Gasteiger partial charge in [0.2, 0.25) is 11.5 Å². The van der Waals surface area contributed by atoms with Crippen molar-refractivity contribution in [2.75, 3.05) is 0 Å². The summed E-state index contributed by atoms with van der Waals surface area (Å²) in [5.74, 6) is -1.71. The van der Waals surface area contributed by atoms with Gasteiger partial charge in [0.05, 0.1) is 22.6 Å². The molecule has 1 aromatic heterocycles. The molecule has 3 nitrogen and oxygen atoms in total. The van der Waals surface area contributed by atoms with Crippen LogP contribution in [0.1, 0.15) is 5.82 Å². The average molecular weight is 328 g/mol. The van der Waals surface area contributed by atoms with Crippen LogP contribution < -0.4 is 0 Å². The smallest absolute Gasteiger partial charge is 0.311 e. The van der Waals surface area contributed by atoms with Gasteiger partial charge in [-0.05, 0) is 6.07 Å². The zero-order chi connectivity index (χ0) is 16.0. The molecule has 1 heterocycles. The van der Waals surface area contributed by atoms with Gasteiger partial charge >= 0.3 is 12.4 Å². The van der Waals surface area contributed by atoms with Gasteiger partial charge in [-0.25, -0.2) is 9.83 Å². The molecular formula is C11H4ClF6N3. The molecule has 0 fully saturated rings. The lowest BCUT2D eigenvalue weighted by Crippen LogP contribution is -2.23. The van der Waals surface area contributed by atoms with Crippen molar-refractivity contribution in [1.82, 2.24) is 9.55 Å². The Hall–Kier alpha value is -1.95. The van der Waals surface area contributed by atoms with Gasteiger partial charge in [0, 0.05) is 0 Å². The molecule has 1 aromatic carbocycles. The third kappa shape index (κ3) is 2.90. The second kappa shape index (κ2) is 4.80. The molecule has 0 atom stereocenters. The fraction of sp³-hybridized carbons (Fsp3) is 0.273. The Morgan fingerprint density at radius 3 is 2.29 bits per heavy atom. The molecule has 0 aliphatic rings. The summed E-state index contributed by atoms with van der Waals surface area (Å²) in [7, 11) is 0. The quantitative estimate of drug-likeness (QED) is 0.543. The first-order valence-electron chi connectivity index (χ1n) is 5.24. The number of hydrogen-bond donors (Lipinski definition) is 0.